The fourth-order valence-electron chi connectivity index (χ4n) is 1.24. The Morgan fingerprint density at radius 1 is 1.33 bits per heavy atom. The van der Waals surface area contributed by atoms with Crippen LogP contribution in [-0.2, 0) is 0 Å². The van der Waals surface area contributed by atoms with Crippen LogP contribution in [0.15, 0.2) is 35.2 Å². The highest BCUT2D eigenvalue weighted by Crippen LogP contribution is 2.20. The van der Waals surface area contributed by atoms with Gasteiger partial charge >= 0.3 is 0 Å². The predicted molar refractivity (Wildman–Crippen MR) is 69.1 cm³/mol. The van der Waals surface area contributed by atoms with E-state index in [1.54, 1.807) is 0 Å². The zero-order valence-electron chi connectivity index (χ0n) is 8.82. The molecule has 2 rings (SSSR count). The summed E-state index contributed by atoms with van der Waals surface area (Å²) in [5.74, 6) is -0.939. The molecule has 1 aromatic carbocycles. The number of nitrogens with zero attached hydrogens (tertiary/aromatic N) is 2. The number of hydrogen-bond acceptors (Lipinski definition) is 3. The first kappa shape index (κ1) is 12.9. The number of carbonyl (C=O) groups is 1. The van der Waals surface area contributed by atoms with E-state index < -0.39 is 11.7 Å². The summed E-state index contributed by atoms with van der Waals surface area (Å²) < 4.78 is 13.7. The molecule has 0 aliphatic heterocycles. The molecule has 1 N–H and O–H groups in total. The minimum atomic E-state index is -0.647. The largest absolute Gasteiger partial charge is 0.305 e. The zero-order valence-corrected chi connectivity index (χ0v) is 11.2. The van der Waals surface area contributed by atoms with Gasteiger partial charge in [-0.05, 0) is 28.1 Å². The fourth-order valence-corrected chi connectivity index (χ4v) is 1.66. The maximum atomic E-state index is 13.2. The average Bonchev–Trinajstić information content (AvgIpc) is 2.35. The third-order valence-corrected chi connectivity index (χ3v) is 2.85. The van der Waals surface area contributed by atoms with Gasteiger partial charge in [0.2, 0.25) is 0 Å². The van der Waals surface area contributed by atoms with E-state index in [4.69, 9.17) is 11.6 Å². The molecule has 0 bridgehead atoms. The van der Waals surface area contributed by atoms with Gasteiger partial charge in [-0.2, -0.15) is 0 Å². The van der Waals surface area contributed by atoms with Gasteiger partial charge in [0.05, 0.1) is 23.0 Å². The van der Waals surface area contributed by atoms with Gasteiger partial charge in [0.15, 0.2) is 5.82 Å². The number of halogens is 3. The lowest BCUT2D eigenvalue weighted by Gasteiger charge is -2.06. The van der Waals surface area contributed by atoms with Crippen LogP contribution in [0.5, 0.6) is 0 Å². The van der Waals surface area contributed by atoms with Crippen molar-refractivity contribution in [1.82, 2.24) is 9.97 Å². The molecule has 0 atom stereocenters. The second kappa shape index (κ2) is 5.41. The lowest BCUT2D eigenvalue weighted by Crippen LogP contribution is -2.14. The van der Waals surface area contributed by atoms with Gasteiger partial charge in [-0.25, -0.2) is 14.4 Å². The van der Waals surface area contributed by atoms with Crippen LogP contribution >= 0.6 is 27.5 Å². The first-order valence-electron chi connectivity index (χ1n) is 4.81. The van der Waals surface area contributed by atoms with Crippen molar-refractivity contribution < 1.29 is 9.18 Å². The third kappa shape index (κ3) is 2.83. The molecule has 0 fully saturated rings. The number of nitrogens with one attached hydrogen (secondary N) is 1. The quantitative estimate of drug-likeness (QED) is 0.919. The zero-order chi connectivity index (χ0) is 13.1. The highest BCUT2D eigenvalue weighted by molar-refractivity contribution is 9.10. The van der Waals surface area contributed by atoms with Crippen molar-refractivity contribution in [2.75, 3.05) is 5.32 Å². The number of benzene rings is 1. The lowest BCUT2D eigenvalue weighted by molar-refractivity contribution is 0.102. The third-order valence-electron chi connectivity index (χ3n) is 2.06. The van der Waals surface area contributed by atoms with Crippen molar-refractivity contribution in [3.05, 3.63) is 51.6 Å². The van der Waals surface area contributed by atoms with E-state index in [2.05, 4.69) is 31.2 Å². The van der Waals surface area contributed by atoms with Gasteiger partial charge in [0.25, 0.3) is 5.91 Å². The molecule has 0 radical (unpaired) electrons. The summed E-state index contributed by atoms with van der Waals surface area (Å²) in [6, 6.07) is 4.01. The van der Waals surface area contributed by atoms with Gasteiger partial charge < -0.3 is 5.32 Å². The Hall–Kier alpha value is -1.53. The number of anilines is 1. The summed E-state index contributed by atoms with van der Waals surface area (Å²) in [5.41, 5.74) is 0.0429. The Bertz CT molecular complexity index is 591. The molecule has 0 aliphatic rings. The van der Waals surface area contributed by atoms with Crippen LogP contribution in [-0.4, -0.2) is 15.9 Å². The minimum Gasteiger partial charge on any atom is -0.305 e. The van der Waals surface area contributed by atoms with Crippen LogP contribution in [0.3, 0.4) is 0 Å². The molecule has 2 aromatic rings. The van der Waals surface area contributed by atoms with Crippen LogP contribution < -0.4 is 5.32 Å². The van der Waals surface area contributed by atoms with Gasteiger partial charge in [-0.1, -0.05) is 17.7 Å². The average molecular weight is 331 g/mol. The van der Waals surface area contributed by atoms with E-state index in [-0.39, 0.29) is 16.4 Å². The molecule has 0 aliphatic carbocycles. The highest BCUT2D eigenvalue weighted by Gasteiger charge is 2.13. The molecule has 1 amide bonds. The van der Waals surface area contributed by atoms with E-state index >= 15 is 0 Å². The molecular weight excluding hydrogens is 324 g/mol. The maximum absolute atomic E-state index is 13.2. The second-order valence-corrected chi connectivity index (χ2v) is 4.47. The van der Waals surface area contributed by atoms with Crippen molar-refractivity contribution >= 4 is 39.3 Å². The molecule has 0 unspecified atom stereocenters. The van der Waals surface area contributed by atoms with Crippen molar-refractivity contribution in [2.24, 2.45) is 0 Å². The first-order chi connectivity index (χ1) is 8.58. The Balaban J connectivity index is 2.22. The van der Waals surface area contributed by atoms with Crippen LogP contribution in [0, 0.1) is 5.82 Å². The Kier molecular flexibility index (Phi) is 3.88. The maximum Gasteiger partial charge on any atom is 0.258 e. The summed E-state index contributed by atoms with van der Waals surface area (Å²) in [7, 11) is 0. The van der Waals surface area contributed by atoms with Gasteiger partial charge in [0, 0.05) is 0 Å². The lowest BCUT2D eigenvalue weighted by atomic mass is 10.2. The standard InChI is InChI=1S/C11H6BrClFN3O/c12-8-4-16-9(5-15-8)17-11(18)6-2-1-3-7(14)10(6)13/h1-5H,(H,16,17,18). The van der Waals surface area contributed by atoms with Crippen molar-refractivity contribution in [3.8, 4) is 0 Å². The number of carbonyl (C=O) groups excluding carboxylic acids is 1. The van der Waals surface area contributed by atoms with E-state index in [1.807, 2.05) is 0 Å². The Morgan fingerprint density at radius 3 is 2.78 bits per heavy atom. The topological polar surface area (TPSA) is 54.9 Å². The monoisotopic (exact) mass is 329 g/mol. The molecular formula is C11H6BrClFN3O. The van der Waals surface area contributed by atoms with Gasteiger partial charge in [-0.15, -0.1) is 0 Å². The molecule has 0 saturated heterocycles. The summed E-state index contributed by atoms with van der Waals surface area (Å²) in [6.07, 6.45) is 2.80. The molecule has 0 saturated carbocycles. The number of rotatable bonds is 2. The Morgan fingerprint density at radius 2 is 2.11 bits per heavy atom. The summed E-state index contributed by atoms with van der Waals surface area (Å²) in [5, 5.41) is 2.25. The van der Waals surface area contributed by atoms with E-state index in [0.717, 1.165) is 0 Å². The number of hydrogen-bond donors (Lipinski definition) is 1. The van der Waals surface area contributed by atoms with Crippen molar-refractivity contribution in [2.45, 2.75) is 0 Å². The van der Waals surface area contributed by atoms with Gasteiger partial charge in [0.1, 0.15) is 10.4 Å². The highest BCUT2D eigenvalue weighted by atomic mass is 79.9. The van der Waals surface area contributed by atoms with Crippen molar-refractivity contribution in [1.29, 1.82) is 0 Å². The molecule has 7 heteroatoms. The molecule has 0 spiro atoms. The van der Waals surface area contributed by atoms with Crippen LogP contribution in [0.4, 0.5) is 10.2 Å². The summed E-state index contributed by atoms with van der Waals surface area (Å²) in [4.78, 5) is 19.6. The van der Waals surface area contributed by atoms with Gasteiger partial charge in [-0.3, -0.25) is 4.79 Å². The Labute approximate surface area is 115 Å². The molecule has 18 heavy (non-hydrogen) atoms. The normalized spacial score (nSPS) is 10.2. The smallest absolute Gasteiger partial charge is 0.258 e. The number of amides is 1. The van der Waals surface area contributed by atoms with Crippen LogP contribution in [0.1, 0.15) is 10.4 Å². The summed E-state index contributed by atoms with van der Waals surface area (Å²) in [6.45, 7) is 0. The minimum absolute atomic E-state index is 0.0429. The molecule has 92 valence electrons. The van der Waals surface area contributed by atoms with Crippen molar-refractivity contribution in [3.63, 3.8) is 0 Å². The molecule has 1 heterocycles. The molecule has 4 nitrogen and oxygen atoms in total. The molecule has 1 aromatic heterocycles. The van der Waals surface area contributed by atoms with E-state index in [1.165, 1.54) is 30.6 Å². The first-order valence-corrected chi connectivity index (χ1v) is 5.98. The summed E-state index contributed by atoms with van der Waals surface area (Å²) >= 11 is 8.82. The van der Waals surface area contributed by atoms with E-state index in [0.29, 0.717) is 4.60 Å². The van der Waals surface area contributed by atoms with E-state index in [9.17, 15) is 9.18 Å². The predicted octanol–water partition coefficient (Wildman–Crippen LogP) is 3.28. The fraction of sp³-hybridized carbons (Fsp3) is 0. The SMILES string of the molecule is O=C(Nc1cnc(Br)cn1)c1cccc(F)c1Cl. The second-order valence-electron chi connectivity index (χ2n) is 3.28. The number of aromatic nitrogens is 2. The van der Waals surface area contributed by atoms with Crippen LogP contribution in [0.25, 0.3) is 0 Å². The van der Waals surface area contributed by atoms with Crippen LogP contribution in [0.2, 0.25) is 5.02 Å².